The number of aromatic nitrogens is 3. The molecule has 0 saturated carbocycles. The van der Waals surface area contributed by atoms with Crippen molar-refractivity contribution in [2.45, 2.75) is 45.7 Å². The number of likely N-dealkylation sites (tertiary alicyclic amines) is 1. The average Bonchev–Trinajstić information content (AvgIpc) is 3.32. The number of hydrogen-bond acceptors (Lipinski definition) is 4. The van der Waals surface area contributed by atoms with Crippen molar-refractivity contribution >= 4 is 28.3 Å². The fourth-order valence-electron chi connectivity index (χ4n) is 3.60. The minimum absolute atomic E-state index is 0.0834. The summed E-state index contributed by atoms with van der Waals surface area (Å²) in [6, 6.07) is 6.58. The Hall–Kier alpha value is -2.21. The van der Waals surface area contributed by atoms with E-state index in [0.29, 0.717) is 5.56 Å². The first-order valence-corrected chi connectivity index (χ1v) is 9.63. The van der Waals surface area contributed by atoms with Crippen LogP contribution in [-0.2, 0) is 0 Å². The molecule has 0 aromatic carbocycles. The van der Waals surface area contributed by atoms with Gasteiger partial charge in [0.1, 0.15) is 0 Å². The number of amides is 1. The zero-order valence-corrected chi connectivity index (χ0v) is 15.6. The first kappa shape index (κ1) is 16.3. The molecule has 1 saturated heterocycles. The quantitative estimate of drug-likeness (QED) is 0.702. The minimum Gasteiger partial charge on any atom is -0.331 e. The summed E-state index contributed by atoms with van der Waals surface area (Å²) in [5, 5.41) is 7.42. The van der Waals surface area contributed by atoms with Crippen molar-refractivity contribution < 1.29 is 4.79 Å². The van der Waals surface area contributed by atoms with Crippen LogP contribution in [0.4, 0.5) is 0 Å². The number of carbonyl (C=O) groups excluding carboxylic acids is 1. The van der Waals surface area contributed by atoms with Crippen LogP contribution in [0, 0.1) is 6.92 Å². The predicted molar refractivity (Wildman–Crippen MR) is 100.0 cm³/mol. The minimum atomic E-state index is 0.0834. The summed E-state index contributed by atoms with van der Waals surface area (Å²) in [4.78, 5) is 21.2. The SMILES string of the molecule is Cc1nc2c(cnn2C(C)C)cc1C(=O)N1CCCC1c1cccs1. The van der Waals surface area contributed by atoms with Crippen molar-refractivity contribution in [1.29, 1.82) is 0 Å². The molecule has 1 amide bonds. The highest BCUT2D eigenvalue weighted by Gasteiger charge is 2.32. The van der Waals surface area contributed by atoms with Gasteiger partial charge in [-0.2, -0.15) is 5.10 Å². The normalized spacial score (nSPS) is 17.8. The van der Waals surface area contributed by atoms with E-state index < -0.39 is 0 Å². The number of rotatable bonds is 3. The topological polar surface area (TPSA) is 51.0 Å². The molecule has 0 spiro atoms. The molecule has 0 bridgehead atoms. The molecular formula is C19H22N4OS. The highest BCUT2D eigenvalue weighted by molar-refractivity contribution is 7.10. The second-order valence-electron chi connectivity index (χ2n) is 6.89. The lowest BCUT2D eigenvalue weighted by molar-refractivity contribution is 0.0737. The molecular weight excluding hydrogens is 332 g/mol. The molecule has 0 N–H and O–H groups in total. The summed E-state index contributed by atoms with van der Waals surface area (Å²) in [6.07, 6.45) is 3.89. The van der Waals surface area contributed by atoms with E-state index in [1.807, 2.05) is 22.6 Å². The third-order valence-electron chi connectivity index (χ3n) is 4.86. The highest BCUT2D eigenvalue weighted by atomic mass is 32.1. The third kappa shape index (κ3) is 2.74. The van der Waals surface area contributed by atoms with Crippen LogP contribution in [0.25, 0.3) is 11.0 Å². The van der Waals surface area contributed by atoms with Crippen LogP contribution < -0.4 is 0 Å². The van der Waals surface area contributed by atoms with E-state index in [2.05, 4.69) is 36.5 Å². The summed E-state index contributed by atoms with van der Waals surface area (Å²) in [5.74, 6) is 0.0834. The molecule has 6 heteroatoms. The van der Waals surface area contributed by atoms with Crippen LogP contribution in [0.3, 0.4) is 0 Å². The van der Waals surface area contributed by atoms with Gasteiger partial charge in [-0.1, -0.05) is 6.07 Å². The van der Waals surface area contributed by atoms with E-state index in [-0.39, 0.29) is 18.0 Å². The second-order valence-corrected chi connectivity index (χ2v) is 7.87. The van der Waals surface area contributed by atoms with Gasteiger partial charge in [0.05, 0.1) is 23.5 Å². The molecule has 5 nitrogen and oxygen atoms in total. The molecule has 0 aliphatic carbocycles. The lowest BCUT2D eigenvalue weighted by Gasteiger charge is -2.24. The van der Waals surface area contributed by atoms with Crippen LogP contribution in [0.1, 0.15) is 59.7 Å². The van der Waals surface area contributed by atoms with E-state index in [1.165, 1.54) is 4.88 Å². The lowest BCUT2D eigenvalue weighted by atomic mass is 10.1. The molecule has 3 aromatic heterocycles. The molecule has 4 rings (SSSR count). The Morgan fingerprint density at radius 1 is 1.40 bits per heavy atom. The number of thiophene rings is 1. The molecule has 3 aromatic rings. The largest absolute Gasteiger partial charge is 0.331 e. The maximum Gasteiger partial charge on any atom is 0.256 e. The summed E-state index contributed by atoms with van der Waals surface area (Å²) in [5.41, 5.74) is 2.32. The van der Waals surface area contributed by atoms with Crippen LogP contribution >= 0.6 is 11.3 Å². The van der Waals surface area contributed by atoms with E-state index in [4.69, 9.17) is 4.98 Å². The molecule has 1 fully saturated rings. The monoisotopic (exact) mass is 354 g/mol. The Morgan fingerprint density at radius 2 is 2.24 bits per heavy atom. The van der Waals surface area contributed by atoms with Crippen LogP contribution in [0.2, 0.25) is 0 Å². The van der Waals surface area contributed by atoms with Gasteiger partial charge in [-0.05, 0) is 51.1 Å². The molecule has 1 aliphatic rings. The van der Waals surface area contributed by atoms with Crippen molar-refractivity contribution in [1.82, 2.24) is 19.7 Å². The van der Waals surface area contributed by atoms with Gasteiger partial charge in [0.2, 0.25) is 0 Å². The Morgan fingerprint density at radius 3 is 2.96 bits per heavy atom. The van der Waals surface area contributed by atoms with E-state index in [1.54, 1.807) is 17.5 Å². The van der Waals surface area contributed by atoms with Gasteiger partial charge in [-0.25, -0.2) is 9.67 Å². The number of aryl methyl sites for hydroxylation is 1. The number of hydrogen-bond donors (Lipinski definition) is 0. The zero-order valence-electron chi connectivity index (χ0n) is 14.8. The van der Waals surface area contributed by atoms with Gasteiger partial charge < -0.3 is 4.90 Å². The van der Waals surface area contributed by atoms with Crippen molar-refractivity contribution in [2.75, 3.05) is 6.54 Å². The number of fused-ring (bicyclic) bond motifs is 1. The van der Waals surface area contributed by atoms with Crippen molar-refractivity contribution in [3.63, 3.8) is 0 Å². The van der Waals surface area contributed by atoms with E-state index in [0.717, 1.165) is 36.1 Å². The summed E-state index contributed by atoms with van der Waals surface area (Å²) < 4.78 is 1.90. The smallest absolute Gasteiger partial charge is 0.256 e. The van der Waals surface area contributed by atoms with Gasteiger partial charge in [0.15, 0.2) is 5.65 Å². The van der Waals surface area contributed by atoms with Crippen molar-refractivity contribution in [3.05, 3.63) is 45.9 Å². The first-order chi connectivity index (χ1) is 12.1. The number of carbonyl (C=O) groups is 1. The molecule has 25 heavy (non-hydrogen) atoms. The summed E-state index contributed by atoms with van der Waals surface area (Å²) in [7, 11) is 0. The van der Waals surface area contributed by atoms with Crippen molar-refractivity contribution in [2.24, 2.45) is 0 Å². The standard InChI is InChI=1S/C19H22N4OS/c1-12(2)23-18-14(11-20-23)10-15(13(3)21-18)19(24)22-8-4-6-16(22)17-7-5-9-25-17/h5,7,9-12,16H,4,6,8H2,1-3H3. The Bertz CT molecular complexity index is 913. The molecule has 1 unspecified atom stereocenters. The lowest BCUT2D eigenvalue weighted by Crippen LogP contribution is -2.31. The van der Waals surface area contributed by atoms with Gasteiger partial charge in [0.25, 0.3) is 5.91 Å². The first-order valence-electron chi connectivity index (χ1n) is 8.75. The van der Waals surface area contributed by atoms with E-state index in [9.17, 15) is 4.79 Å². The summed E-state index contributed by atoms with van der Waals surface area (Å²) in [6.45, 7) is 6.89. The van der Waals surface area contributed by atoms with Gasteiger partial charge in [0, 0.05) is 22.8 Å². The van der Waals surface area contributed by atoms with Gasteiger partial charge >= 0.3 is 0 Å². The van der Waals surface area contributed by atoms with Crippen molar-refractivity contribution in [3.8, 4) is 0 Å². The number of nitrogens with zero attached hydrogens (tertiary/aromatic N) is 4. The fourth-order valence-corrected chi connectivity index (χ4v) is 4.47. The Balaban J connectivity index is 1.71. The Kier molecular flexibility index (Phi) is 4.07. The molecule has 1 atom stereocenters. The fraction of sp³-hybridized carbons (Fsp3) is 0.421. The molecule has 0 radical (unpaired) electrons. The maximum atomic E-state index is 13.2. The van der Waals surface area contributed by atoms with Crippen LogP contribution in [0.5, 0.6) is 0 Å². The third-order valence-corrected chi connectivity index (χ3v) is 5.84. The molecule has 4 heterocycles. The van der Waals surface area contributed by atoms with Gasteiger partial charge in [-0.15, -0.1) is 11.3 Å². The molecule has 130 valence electrons. The van der Waals surface area contributed by atoms with E-state index >= 15 is 0 Å². The zero-order chi connectivity index (χ0) is 17.6. The highest BCUT2D eigenvalue weighted by Crippen LogP contribution is 2.36. The Labute approximate surface area is 151 Å². The van der Waals surface area contributed by atoms with Gasteiger partial charge in [-0.3, -0.25) is 4.79 Å². The van der Waals surface area contributed by atoms with Crippen LogP contribution in [-0.4, -0.2) is 32.1 Å². The predicted octanol–water partition coefficient (Wildman–Crippen LogP) is 4.36. The van der Waals surface area contributed by atoms with Crippen LogP contribution in [0.15, 0.2) is 29.8 Å². The number of pyridine rings is 1. The molecule has 1 aliphatic heterocycles. The second kappa shape index (κ2) is 6.26. The summed E-state index contributed by atoms with van der Waals surface area (Å²) >= 11 is 1.73. The maximum absolute atomic E-state index is 13.2. The average molecular weight is 354 g/mol.